The zero-order chi connectivity index (χ0) is 23.5. The average Bonchev–Trinajstić information content (AvgIpc) is 2.72. The molecule has 0 radical (unpaired) electrons. The molecule has 1 heterocycles. The number of hydrogen-bond donors (Lipinski definition) is 7. The molecule has 2 aliphatic rings. The minimum Gasteiger partial charge on any atom is -0.389 e. The molecule has 0 aromatic heterocycles. The van der Waals surface area contributed by atoms with Crippen molar-refractivity contribution in [3.63, 3.8) is 0 Å². The van der Waals surface area contributed by atoms with Crippen molar-refractivity contribution in [3.05, 3.63) is 0 Å². The van der Waals surface area contributed by atoms with Gasteiger partial charge < -0.3 is 57.6 Å². The Labute approximate surface area is 181 Å². The van der Waals surface area contributed by atoms with Gasteiger partial charge in [-0.3, -0.25) is 4.79 Å². The fourth-order valence-corrected chi connectivity index (χ4v) is 4.09. The quantitative estimate of drug-likeness (QED) is 0.201. The van der Waals surface area contributed by atoms with Gasteiger partial charge in [0.25, 0.3) is 0 Å². The minimum absolute atomic E-state index is 0.249. The number of ether oxygens (including phenoxy) is 3. The third-order valence-corrected chi connectivity index (χ3v) is 5.98. The van der Waals surface area contributed by atoms with Crippen LogP contribution in [-0.4, -0.2) is 109 Å². The summed E-state index contributed by atoms with van der Waals surface area (Å²) in [5, 5.41) is 24.0. The molecule has 0 aromatic rings. The van der Waals surface area contributed by atoms with Gasteiger partial charge >= 0.3 is 6.03 Å². The van der Waals surface area contributed by atoms with E-state index < -0.39 is 67.3 Å². The van der Waals surface area contributed by atoms with Crippen molar-refractivity contribution in [2.45, 2.75) is 80.7 Å². The number of nitrogens with two attached hydrogens (primary N) is 4. The topological polar surface area (TPSA) is 222 Å². The molecule has 10 unspecified atom stereocenters. The highest BCUT2D eigenvalue weighted by atomic mass is 16.7. The predicted octanol–water partition coefficient (Wildman–Crippen LogP) is -3.88. The zero-order valence-electron chi connectivity index (χ0n) is 18.1. The number of nitrogens with zero attached hydrogens (tertiary/aromatic N) is 1. The van der Waals surface area contributed by atoms with E-state index in [1.807, 2.05) is 6.92 Å². The maximum Gasteiger partial charge on any atom is 0.312 e. The number of carbonyl (C=O) groups excluding carboxylic acids is 2. The first-order valence-electron chi connectivity index (χ1n) is 10.2. The van der Waals surface area contributed by atoms with Gasteiger partial charge in [0, 0.05) is 20.2 Å². The van der Waals surface area contributed by atoms with Crippen LogP contribution in [0.1, 0.15) is 19.8 Å². The highest BCUT2D eigenvalue weighted by Crippen LogP contribution is 2.31. The second kappa shape index (κ2) is 10.8. The zero-order valence-corrected chi connectivity index (χ0v) is 18.1. The standard InChI is InChI=1S/C18H36N6O7/c1-7(19)9-5-4-8(20)17(30-9)31-15-11(21)13(26)16(29-3)12(14(15)27)24(2)10(25)6-23-18(22)28/h7-9,11-17,26-27H,4-6,19-21H2,1-3H3,(H3,22,23,28). The molecule has 2 rings (SSSR count). The van der Waals surface area contributed by atoms with Gasteiger partial charge in [-0.15, -0.1) is 0 Å². The number of likely N-dealkylation sites (N-methyl/N-ethyl adjacent to an activating group) is 1. The third kappa shape index (κ3) is 5.81. The molecule has 11 N–H and O–H groups in total. The normalized spacial score (nSPS) is 39.5. The maximum atomic E-state index is 12.5. The van der Waals surface area contributed by atoms with E-state index in [0.717, 1.165) is 4.90 Å². The van der Waals surface area contributed by atoms with Crippen LogP contribution in [0.3, 0.4) is 0 Å². The number of nitrogens with one attached hydrogen (secondary N) is 1. The van der Waals surface area contributed by atoms with Crippen molar-refractivity contribution in [2.75, 3.05) is 20.7 Å². The van der Waals surface area contributed by atoms with E-state index >= 15 is 0 Å². The first-order chi connectivity index (χ1) is 14.5. The Morgan fingerprint density at radius 1 is 1.23 bits per heavy atom. The summed E-state index contributed by atoms with van der Waals surface area (Å²) in [6.45, 7) is 1.41. The van der Waals surface area contributed by atoms with Crippen molar-refractivity contribution in [3.8, 4) is 0 Å². The number of urea groups is 1. The van der Waals surface area contributed by atoms with Crippen LogP contribution in [0.2, 0.25) is 0 Å². The SMILES string of the molecule is COC1C(O)C(N)C(OC2OC(C(C)N)CCC2N)C(O)C1N(C)C(=O)CNC(N)=O. The van der Waals surface area contributed by atoms with E-state index in [1.54, 1.807) is 0 Å². The minimum atomic E-state index is -1.35. The van der Waals surface area contributed by atoms with Gasteiger partial charge in [0.15, 0.2) is 6.29 Å². The molecule has 2 fully saturated rings. The molecule has 3 amide bonds. The molecule has 0 aromatic carbocycles. The molecule has 1 saturated carbocycles. The van der Waals surface area contributed by atoms with Gasteiger partial charge in [0.2, 0.25) is 5.91 Å². The Morgan fingerprint density at radius 2 is 1.87 bits per heavy atom. The predicted molar refractivity (Wildman–Crippen MR) is 109 cm³/mol. The van der Waals surface area contributed by atoms with Crippen LogP contribution in [0.4, 0.5) is 4.79 Å². The fourth-order valence-electron chi connectivity index (χ4n) is 4.09. The molecule has 13 heteroatoms. The Bertz CT molecular complexity index is 626. The number of methoxy groups -OCH3 is 1. The number of hydrogen-bond acceptors (Lipinski definition) is 10. The Balaban J connectivity index is 2.21. The lowest BCUT2D eigenvalue weighted by Crippen LogP contribution is -2.72. The van der Waals surface area contributed by atoms with Gasteiger partial charge in [-0.2, -0.15) is 0 Å². The molecule has 31 heavy (non-hydrogen) atoms. The number of amides is 3. The van der Waals surface area contributed by atoms with Gasteiger partial charge in [0.1, 0.15) is 18.3 Å². The second-order valence-corrected chi connectivity index (χ2v) is 8.22. The molecule has 180 valence electrons. The Hall–Kier alpha value is -1.58. The van der Waals surface area contributed by atoms with Crippen molar-refractivity contribution in [1.82, 2.24) is 10.2 Å². The highest BCUT2D eigenvalue weighted by molar-refractivity contribution is 5.83. The number of carbonyl (C=O) groups is 2. The summed E-state index contributed by atoms with van der Waals surface area (Å²) >= 11 is 0. The third-order valence-electron chi connectivity index (χ3n) is 5.98. The Kier molecular flexibility index (Phi) is 8.97. The average molecular weight is 449 g/mol. The molecule has 1 aliphatic heterocycles. The highest BCUT2D eigenvalue weighted by Gasteiger charge is 2.53. The van der Waals surface area contributed by atoms with Crippen molar-refractivity contribution < 1.29 is 34.0 Å². The second-order valence-electron chi connectivity index (χ2n) is 8.22. The molecule has 0 bridgehead atoms. The van der Waals surface area contributed by atoms with Crippen LogP contribution in [0.25, 0.3) is 0 Å². The molecule has 10 atom stereocenters. The smallest absolute Gasteiger partial charge is 0.312 e. The Morgan fingerprint density at radius 3 is 2.42 bits per heavy atom. The summed E-state index contributed by atoms with van der Waals surface area (Å²) in [6, 6.07) is -3.68. The lowest BCUT2D eigenvalue weighted by Gasteiger charge is -2.50. The number of aliphatic hydroxyl groups is 2. The van der Waals surface area contributed by atoms with Crippen molar-refractivity contribution in [2.24, 2.45) is 22.9 Å². The number of primary amides is 1. The van der Waals surface area contributed by atoms with Crippen LogP contribution in [0.5, 0.6) is 0 Å². The molecule has 1 aliphatic carbocycles. The summed E-state index contributed by atoms with van der Waals surface area (Å²) in [5.74, 6) is -0.561. The summed E-state index contributed by atoms with van der Waals surface area (Å²) in [5.41, 5.74) is 23.2. The lowest BCUT2D eigenvalue weighted by molar-refractivity contribution is -0.267. The monoisotopic (exact) mass is 448 g/mol. The summed E-state index contributed by atoms with van der Waals surface area (Å²) < 4.78 is 17.2. The first-order valence-corrected chi connectivity index (χ1v) is 10.2. The molecule has 0 spiro atoms. The number of rotatable bonds is 7. The van der Waals surface area contributed by atoms with Crippen LogP contribution in [-0.2, 0) is 19.0 Å². The van der Waals surface area contributed by atoms with E-state index in [4.69, 9.17) is 37.1 Å². The molecule has 1 saturated heterocycles. The van der Waals surface area contributed by atoms with E-state index in [-0.39, 0.29) is 12.1 Å². The molecular formula is C18H36N6O7. The van der Waals surface area contributed by atoms with Gasteiger partial charge in [-0.25, -0.2) is 4.79 Å². The lowest BCUT2D eigenvalue weighted by atomic mass is 9.80. The first kappa shape index (κ1) is 25.7. The van der Waals surface area contributed by atoms with Crippen molar-refractivity contribution in [1.29, 1.82) is 0 Å². The van der Waals surface area contributed by atoms with E-state index in [0.29, 0.717) is 12.8 Å². The van der Waals surface area contributed by atoms with Crippen LogP contribution in [0, 0.1) is 0 Å². The number of aliphatic hydroxyl groups excluding tert-OH is 2. The van der Waals surface area contributed by atoms with Crippen LogP contribution >= 0.6 is 0 Å². The maximum absolute atomic E-state index is 12.5. The van der Waals surface area contributed by atoms with Crippen LogP contribution < -0.4 is 28.3 Å². The summed E-state index contributed by atoms with van der Waals surface area (Å²) in [4.78, 5) is 24.6. The largest absolute Gasteiger partial charge is 0.389 e. The molecular weight excluding hydrogens is 412 g/mol. The summed E-state index contributed by atoms with van der Waals surface area (Å²) in [6.07, 6.45) is -4.67. The van der Waals surface area contributed by atoms with E-state index in [2.05, 4.69) is 5.32 Å². The van der Waals surface area contributed by atoms with E-state index in [1.165, 1.54) is 14.2 Å². The van der Waals surface area contributed by atoms with Gasteiger partial charge in [-0.1, -0.05) is 0 Å². The van der Waals surface area contributed by atoms with Gasteiger partial charge in [-0.05, 0) is 19.8 Å². The molecule has 13 nitrogen and oxygen atoms in total. The summed E-state index contributed by atoms with van der Waals surface area (Å²) in [7, 11) is 2.73. The van der Waals surface area contributed by atoms with Crippen LogP contribution in [0.15, 0.2) is 0 Å². The fraction of sp³-hybridized carbons (Fsp3) is 0.889. The van der Waals surface area contributed by atoms with Crippen molar-refractivity contribution >= 4 is 11.9 Å². The van der Waals surface area contributed by atoms with E-state index in [9.17, 15) is 19.8 Å². The van der Waals surface area contributed by atoms with Gasteiger partial charge in [0.05, 0.1) is 36.9 Å².